The minimum atomic E-state index is -0.387. The fraction of sp³-hybridized carbons (Fsp3) is 0.300. The molecule has 1 rings (SSSR count). The second kappa shape index (κ2) is 5.14. The predicted octanol–water partition coefficient (Wildman–Crippen LogP) is 1.52. The van der Waals surface area contributed by atoms with Crippen molar-refractivity contribution in [1.29, 1.82) is 0 Å². The molecule has 0 bridgehead atoms. The summed E-state index contributed by atoms with van der Waals surface area (Å²) in [6.45, 7) is 0. The molecule has 0 heterocycles. The van der Waals surface area contributed by atoms with Crippen LogP contribution in [0.1, 0.15) is 5.56 Å². The normalized spacial score (nSPS) is 12.5. The van der Waals surface area contributed by atoms with Gasteiger partial charge in [0, 0.05) is 0 Å². The van der Waals surface area contributed by atoms with Gasteiger partial charge in [0.25, 0.3) is 0 Å². The highest BCUT2D eigenvalue weighted by Crippen LogP contribution is 2.03. The average Bonchev–Trinajstić information content (AvgIpc) is 2.18. The molecule has 2 nitrogen and oxygen atoms in total. The van der Waals surface area contributed by atoms with Gasteiger partial charge in [0.1, 0.15) is 0 Å². The van der Waals surface area contributed by atoms with Gasteiger partial charge in [-0.25, -0.2) is 0 Å². The molecule has 0 fully saturated rings. The monoisotopic (exact) mass is 241 g/mol. The van der Waals surface area contributed by atoms with Crippen LogP contribution in [0.25, 0.3) is 0 Å². The largest absolute Gasteiger partial charge is 0.321 e. The first-order valence-electron chi connectivity index (χ1n) is 4.12. The van der Waals surface area contributed by atoms with Crippen LogP contribution in [0.3, 0.4) is 0 Å². The first kappa shape index (κ1) is 10.4. The maximum absolute atomic E-state index is 11.1. The van der Waals surface area contributed by atoms with E-state index < -0.39 is 0 Å². The van der Waals surface area contributed by atoms with Crippen molar-refractivity contribution in [3.63, 3.8) is 0 Å². The topological polar surface area (TPSA) is 43.1 Å². The first-order chi connectivity index (χ1) is 6.24. The van der Waals surface area contributed by atoms with Crippen molar-refractivity contribution in [2.75, 3.05) is 5.33 Å². The Bertz CT molecular complexity index is 274. The van der Waals surface area contributed by atoms with Crippen LogP contribution in [-0.4, -0.2) is 17.2 Å². The Morgan fingerprint density at radius 3 is 2.54 bits per heavy atom. The Morgan fingerprint density at radius 1 is 1.38 bits per heavy atom. The van der Waals surface area contributed by atoms with E-state index in [1.807, 2.05) is 30.3 Å². The van der Waals surface area contributed by atoms with Crippen molar-refractivity contribution in [1.82, 2.24) is 0 Å². The summed E-state index contributed by atoms with van der Waals surface area (Å²) < 4.78 is 0. The Balaban J connectivity index is 2.55. The lowest BCUT2D eigenvalue weighted by Crippen LogP contribution is -2.33. The number of benzene rings is 1. The van der Waals surface area contributed by atoms with E-state index >= 15 is 0 Å². The number of carbonyl (C=O) groups is 1. The van der Waals surface area contributed by atoms with Gasteiger partial charge < -0.3 is 5.73 Å². The number of hydrogen-bond acceptors (Lipinski definition) is 2. The summed E-state index contributed by atoms with van der Waals surface area (Å²) in [7, 11) is 0. The van der Waals surface area contributed by atoms with E-state index in [1.54, 1.807) is 0 Å². The van der Waals surface area contributed by atoms with Gasteiger partial charge in [0.15, 0.2) is 5.78 Å². The average molecular weight is 242 g/mol. The van der Waals surface area contributed by atoms with Crippen molar-refractivity contribution < 1.29 is 4.79 Å². The van der Waals surface area contributed by atoms with Gasteiger partial charge in [0.2, 0.25) is 0 Å². The van der Waals surface area contributed by atoms with Gasteiger partial charge in [-0.3, -0.25) is 4.79 Å². The predicted molar refractivity (Wildman–Crippen MR) is 56.9 cm³/mol. The summed E-state index contributed by atoms with van der Waals surface area (Å²) in [6.07, 6.45) is 0.616. The van der Waals surface area contributed by atoms with Gasteiger partial charge in [0.05, 0.1) is 11.4 Å². The number of ketones is 1. The second-order valence-electron chi connectivity index (χ2n) is 2.90. The molecule has 13 heavy (non-hydrogen) atoms. The zero-order valence-corrected chi connectivity index (χ0v) is 8.83. The number of Topliss-reactive ketones (excluding diaryl/α,β-unsaturated/α-hetero) is 1. The third kappa shape index (κ3) is 3.28. The number of rotatable bonds is 4. The first-order valence-corrected chi connectivity index (χ1v) is 5.24. The van der Waals surface area contributed by atoms with Crippen LogP contribution in [0.5, 0.6) is 0 Å². The fourth-order valence-electron chi connectivity index (χ4n) is 1.08. The van der Waals surface area contributed by atoms with E-state index in [4.69, 9.17) is 5.73 Å². The van der Waals surface area contributed by atoms with Crippen LogP contribution in [0.2, 0.25) is 0 Å². The third-order valence-electron chi connectivity index (χ3n) is 1.84. The smallest absolute Gasteiger partial charge is 0.160 e. The lowest BCUT2D eigenvalue weighted by molar-refractivity contribution is -0.117. The van der Waals surface area contributed by atoms with E-state index in [9.17, 15) is 4.79 Å². The van der Waals surface area contributed by atoms with Gasteiger partial charge in [-0.2, -0.15) is 0 Å². The summed E-state index contributed by atoms with van der Waals surface area (Å²) in [5.41, 5.74) is 6.78. The lowest BCUT2D eigenvalue weighted by Gasteiger charge is -2.07. The Hall–Kier alpha value is -0.670. The standard InChI is InChI=1S/C10H12BrNO/c11-7-10(13)9(12)6-8-4-2-1-3-5-8/h1-5,9H,6-7,12H2/t9-/m1/s1. The molecule has 3 heteroatoms. The molecule has 0 aromatic heterocycles. The zero-order chi connectivity index (χ0) is 9.68. The maximum atomic E-state index is 11.1. The number of nitrogens with two attached hydrogens (primary N) is 1. The van der Waals surface area contributed by atoms with E-state index in [2.05, 4.69) is 15.9 Å². The van der Waals surface area contributed by atoms with Crippen LogP contribution in [-0.2, 0) is 11.2 Å². The van der Waals surface area contributed by atoms with Gasteiger partial charge in [-0.05, 0) is 12.0 Å². The Kier molecular flexibility index (Phi) is 4.12. The molecule has 0 saturated carbocycles. The number of hydrogen-bond donors (Lipinski definition) is 1. The van der Waals surface area contributed by atoms with Crippen molar-refractivity contribution >= 4 is 21.7 Å². The van der Waals surface area contributed by atoms with Crippen molar-refractivity contribution in [3.05, 3.63) is 35.9 Å². The lowest BCUT2D eigenvalue weighted by atomic mass is 10.0. The minimum absolute atomic E-state index is 0.0452. The third-order valence-corrected chi connectivity index (χ3v) is 2.40. The summed E-state index contributed by atoms with van der Waals surface area (Å²) >= 11 is 3.10. The molecule has 0 aliphatic rings. The molecular formula is C10H12BrNO. The van der Waals surface area contributed by atoms with Gasteiger partial charge in [-0.1, -0.05) is 46.3 Å². The van der Waals surface area contributed by atoms with Crippen LogP contribution >= 0.6 is 15.9 Å². The highest BCUT2D eigenvalue weighted by molar-refractivity contribution is 9.09. The van der Waals surface area contributed by atoms with Crippen molar-refractivity contribution in [2.45, 2.75) is 12.5 Å². The molecular weight excluding hydrogens is 230 g/mol. The molecule has 0 saturated heterocycles. The molecule has 0 aliphatic carbocycles. The maximum Gasteiger partial charge on any atom is 0.160 e. The second-order valence-corrected chi connectivity index (χ2v) is 3.46. The fourth-order valence-corrected chi connectivity index (χ4v) is 1.50. The molecule has 0 spiro atoms. The summed E-state index contributed by atoms with van der Waals surface area (Å²) in [6, 6.07) is 9.40. The van der Waals surface area contributed by atoms with Gasteiger partial charge >= 0.3 is 0 Å². The molecule has 1 aromatic carbocycles. The Morgan fingerprint density at radius 2 is 2.00 bits per heavy atom. The summed E-state index contributed by atoms with van der Waals surface area (Å²) in [5, 5.41) is 0.334. The molecule has 0 aliphatic heterocycles. The van der Waals surface area contributed by atoms with Crippen LogP contribution in [0.15, 0.2) is 30.3 Å². The van der Waals surface area contributed by atoms with Crippen LogP contribution in [0.4, 0.5) is 0 Å². The SMILES string of the molecule is N[C@H](Cc1ccccc1)C(=O)CBr. The zero-order valence-electron chi connectivity index (χ0n) is 7.24. The molecule has 1 aromatic rings. The molecule has 0 amide bonds. The molecule has 2 N–H and O–H groups in total. The van der Waals surface area contributed by atoms with Gasteiger partial charge in [-0.15, -0.1) is 0 Å². The van der Waals surface area contributed by atoms with Crippen molar-refractivity contribution in [2.24, 2.45) is 5.73 Å². The van der Waals surface area contributed by atoms with E-state index in [-0.39, 0.29) is 11.8 Å². The highest BCUT2D eigenvalue weighted by atomic mass is 79.9. The molecule has 70 valence electrons. The van der Waals surface area contributed by atoms with E-state index in [0.29, 0.717) is 11.8 Å². The van der Waals surface area contributed by atoms with E-state index in [1.165, 1.54) is 0 Å². The number of carbonyl (C=O) groups excluding carboxylic acids is 1. The minimum Gasteiger partial charge on any atom is -0.321 e. The molecule has 0 radical (unpaired) electrons. The Labute approximate surface area is 86.3 Å². The van der Waals surface area contributed by atoms with Crippen LogP contribution in [0, 0.1) is 0 Å². The molecule has 1 atom stereocenters. The molecule has 0 unspecified atom stereocenters. The highest BCUT2D eigenvalue weighted by Gasteiger charge is 2.11. The number of alkyl halides is 1. The van der Waals surface area contributed by atoms with E-state index in [0.717, 1.165) is 5.56 Å². The quantitative estimate of drug-likeness (QED) is 0.813. The summed E-state index contributed by atoms with van der Waals surface area (Å²) in [4.78, 5) is 11.1. The summed E-state index contributed by atoms with van der Waals surface area (Å²) in [5.74, 6) is 0.0452. The van der Waals surface area contributed by atoms with Crippen LogP contribution < -0.4 is 5.73 Å². The number of halogens is 1. The van der Waals surface area contributed by atoms with Crippen molar-refractivity contribution in [3.8, 4) is 0 Å².